The van der Waals surface area contributed by atoms with E-state index in [1.54, 1.807) is 6.92 Å². The Morgan fingerprint density at radius 3 is 2.29 bits per heavy atom. The lowest BCUT2D eigenvalue weighted by Gasteiger charge is -2.05. The quantitative estimate of drug-likeness (QED) is 0.763. The normalized spacial score (nSPS) is 12.1. The lowest BCUT2D eigenvalue weighted by molar-refractivity contribution is 0.199. The van der Waals surface area contributed by atoms with E-state index in [2.05, 4.69) is 12.1 Å². The van der Waals surface area contributed by atoms with Crippen molar-refractivity contribution in [3.8, 4) is 0 Å². The third-order valence-electron chi connectivity index (χ3n) is 2.26. The molecule has 0 aliphatic heterocycles. The standard InChI is InChI=1S/C12H12O.ClH/c1-9(13)11-7-6-10-4-2-3-5-12(10)8-11;/h2-9,13H,1H3;1H. The number of aliphatic hydroxyl groups is 1. The van der Waals surface area contributed by atoms with Crippen LogP contribution in [0.25, 0.3) is 10.8 Å². The van der Waals surface area contributed by atoms with Crippen molar-refractivity contribution in [3.63, 3.8) is 0 Å². The van der Waals surface area contributed by atoms with E-state index >= 15 is 0 Å². The molecule has 74 valence electrons. The molecule has 0 saturated carbocycles. The molecular formula is C12H13ClO. The molecule has 0 radical (unpaired) electrons. The van der Waals surface area contributed by atoms with Crippen LogP contribution in [0.5, 0.6) is 0 Å². The summed E-state index contributed by atoms with van der Waals surface area (Å²) in [6.07, 6.45) is -0.385. The molecule has 0 bridgehead atoms. The topological polar surface area (TPSA) is 20.2 Å². The van der Waals surface area contributed by atoms with Gasteiger partial charge in [-0.2, -0.15) is 0 Å². The van der Waals surface area contributed by atoms with Gasteiger partial charge in [0.25, 0.3) is 0 Å². The van der Waals surface area contributed by atoms with Gasteiger partial charge in [0.2, 0.25) is 0 Å². The van der Waals surface area contributed by atoms with E-state index in [4.69, 9.17) is 0 Å². The molecular weight excluding hydrogens is 196 g/mol. The summed E-state index contributed by atoms with van der Waals surface area (Å²) in [6.45, 7) is 1.78. The number of halogens is 1. The van der Waals surface area contributed by atoms with Crippen LogP contribution in [-0.4, -0.2) is 5.11 Å². The molecule has 1 N–H and O–H groups in total. The van der Waals surface area contributed by atoms with Gasteiger partial charge in [0.1, 0.15) is 0 Å². The van der Waals surface area contributed by atoms with Crippen molar-refractivity contribution in [2.24, 2.45) is 0 Å². The van der Waals surface area contributed by atoms with E-state index in [0.29, 0.717) is 0 Å². The molecule has 0 amide bonds. The first kappa shape index (κ1) is 11.0. The average molecular weight is 209 g/mol. The van der Waals surface area contributed by atoms with Gasteiger partial charge in [-0.15, -0.1) is 12.4 Å². The van der Waals surface area contributed by atoms with Crippen molar-refractivity contribution in [2.45, 2.75) is 13.0 Å². The first-order valence-corrected chi connectivity index (χ1v) is 4.44. The van der Waals surface area contributed by atoms with Crippen molar-refractivity contribution in [1.82, 2.24) is 0 Å². The van der Waals surface area contributed by atoms with Crippen LogP contribution in [0.3, 0.4) is 0 Å². The van der Waals surface area contributed by atoms with E-state index in [9.17, 15) is 5.11 Å². The van der Waals surface area contributed by atoms with Crippen molar-refractivity contribution in [1.29, 1.82) is 0 Å². The minimum Gasteiger partial charge on any atom is -0.389 e. The Kier molecular flexibility index (Phi) is 3.50. The molecule has 0 saturated heterocycles. The summed E-state index contributed by atoms with van der Waals surface area (Å²) >= 11 is 0. The summed E-state index contributed by atoms with van der Waals surface area (Å²) in [6, 6.07) is 14.2. The van der Waals surface area contributed by atoms with Crippen LogP contribution in [-0.2, 0) is 0 Å². The number of hydrogen-bond acceptors (Lipinski definition) is 1. The molecule has 0 aliphatic carbocycles. The molecule has 2 rings (SSSR count). The number of benzene rings is 2. The fraction of sp³-hybridized carbons (Fsp3) is 0.167. The van der Waals surface area contributed by atoms with E-state index in [1.807, 2.05) is 30.3 Å². The van der Waals surface area contributed by atoms with Gasteiger partial charge >= 0.3 is 0 Å². The highest BCUT2D eigenvalue weighted by Gasteiger charge is 2.00. The fourth-order valence-electron chi connectivity index (χ4n) is 1.47. The number of fused-ring (bicyclic) bond motifs is 1. The predicted molar refractivity (Wildman–Crippen MR) is 61.8 cm³/mol. The van der Waals surface area contributed by atoms with Crippen LogP contribution in [0.2, 0.25) is 0 Å². The second-order valence-electron chi connectivity index (χ2n) is 3.28. The highest BCUT2D eigenvalue weighted by molar-refractivity contribution is 5.85. The van der Waals surface area contributed by atoms with Gasteiger partial charge in [0.15, 0.2) is 0 Å². The van der Waals surface area contributed by atoms with Crippen LogP contribution in [0.1, 0.15) is 18.6 Å². The molecule has 1 atom stereocenters. The molecule has 2 aromatic rings. The number of rotatable bonds is 1. The van der Waals surface area contributed by atoms with Crippen LogP contribution >= 0.6 is 12.4 Å². The maximum atomic E-state index is 9.38. The second-order valence-corrected chi connectivity index (χ2v) is 3.28. The van der Waals surface area contributed by atoms with E-state index in [1.165, 1.54) is 10.8 Å². The van der Waals surface area contributed by atoms with Crippen LogP contribution in [0, 0.1) is 0 Å². The van der Waals surface area contributed by atoms with Crippen molar-refractivity contribution in [3.05, 3.63) is 48.0 Å². The third kappa shape index (κ3) is 2.06. The molecule has 2 aromatic carbocycles. The van der Waals surface area contributed by atoms with Gasteiger partial charge in [0, 0.05) is 0 Å². The Morgan fingerprint density at radius 1 is 1.00 bits per heavy atom. The lowest BCUT2D eigenvalue weighted by Crippen LogP contribution is -1.89. The van der Waals surface area contributed by atoms with Gasteiger partial charge in [-0.25, -0.2) is 0 Å². The summed E-state index contributed by atoms with van der Waals surface area (Å²) < 4.78 is 0. The first-order valence-electron chi connectivity index (χ1n) is 4.44. The fourth-order valence-corrected chi connectivity index (χ4v) is 1.47. The van der Waals surface area contributed by atoms with Gasteiger partial charge in [-0.05, 0) is 29.3 Å². The van der Waals surface area contributed by atoms with E-state index < -0.39 is 0 Å². The van der Waals surface area contributed by atoms with Crippen molar-refractivity contribution < 1.29 is 5.11 Å². The monoisotopic (exact) mass is 208 g/mol. The van der Waals surface area contributed by atoms with Gasteiger partial charge < -0.3 is 5.11 Å². The molecule has 0 spiro atoms. The van der Waals surface area contributed by atoms with Gasteiger partial charge in [0.05, 0.1) is 6.10 Å². The zero-order chi connectivity index (χ0) is 9.26. The van der Waals surface area contributed by atoms with Crippen molar-refractivity contribution in [2.75, 3.05) is 0 Å². The maximum absolute atomic E-state index is 9.38. The smallest absolute Gasteiger partial charge is 0.0762 e. The van der Waals surface area contributed by atoms with Crippen LogP contribution < -0.4 is 0 Å². The summed E-state index contributed by atoms with van der Waals surface area (Å²) in [5.41, 5.74) is 0.971. The van der Waals surface area contributed by atoms with Crippen molar-refractivity contribution >= 4 is 23.2 Å². The second kappa shape index (κ2) is 4.45. The Hall–Kier alpha value is -1.05. The molecule has 14 heavy (non-hydrogen) atoms. The largest absolute Gasteiger partial charge is 0.389 e. The molecule has 2 heteroatoms. The minimum atomic E-state index is -0.385. The van der Waals surface area contributed by atoms with Crippen LogP contribution in [0.15, 0.2) is 42.5 Å². The SMILES string of the molecule is CC(O)c1ccc2ccccc2c1.Cl. The minimum absolute atomic E-state index is 0. The highest BCUT2D eigenvalue weighted by atomic mass is 35.5. The Morgan fingerprint density at radius 2 is 1.64 bits per heavy atom. The molecule has 0 aromatic heterocycles. The zero-order valence-electron chi connectivity index (χ0n) is 7.97. The van der Waals surface area contributed by atoms with E-state index in [0.717, 1.165) is 5.56 Å². The third-order valence-corrected chi connectivity index (χ3v) is 2.26. The predicted octanol–water partition coefficient (Wildman–Crippen LogP) is 3.31. The summed E-state index contributed by atoms with van der Waals surface area (Å²) in [7, 11) is 0. The average Bonchev–Trinajstić information content (AvgIpc) is 2.17. The van der Waals surface area contributed by atoms with Gasteiger partial charge in [-0.3, -0.25) is 0 Å². The molecule has 0 heterocycles. The Bertz CT molecular complexity index is 423. The van der Waals surface area contributed by atoms with Gasteiger partial charge in [-0.1, -0.05) is 36.4 Å². The zero-order valence-corrected chi connectivity index (χ0v) is 8.79. The van der Waals surface area contributed by atoms with Crippen LogP contribution in [0.4, 0.5) is 0 Å². The van der Waals surface area contributed by atoms with E-state index in [-0.39, 0.29) is 18.5 Å². The molecule has 1 unspecified atom stereocenters. The summed E-state index contributed by atoms with van der Waals surface area (Å²) in [5, 5.41) is 11.8. The Balaban J connectivity index is 0.000000980. The number of aliphatic hydroxyl groups excluding tert-OH is 1. The lowest BCUT2D eigenvalue weighted by atomic mass is 10.0. The molecule has 1 nitrogen and oxygen atoms in total. The molecule has 0 aliphatic rings. The highest BCUT2D eigenvalue weighted by Crippen LogP contribution is 2.19. The summed E-state index contributed by atoms with van der Waals surface area (Å²) in [4.78, 5) is 0. The maximum Gasteiger partial charge on any atom is 0.0762 e. The molecule has 0 fully saturated rings. The first-order chi connectivity index (χ1) is 6.27. The Labute approximate surface area is 89.8 Å². The number of hydrogen-bond donors (Lipinski definition) is 1. The summed E-state index contributed by atoms with van der Waals surface area (Å²) in [5.74, 6) is 0.